The van der Waals surface area contributed by atoms with E-state index in [0.29, 0.717) is 24.6 Å². The number of pyridine rings is 1. The lowest BCUT2D eigenvalue weighted by Gasteiger charge is -2.11. The summed E-state index contributed by atoms with van der Waals surface area (Å²) in [7, 11) is 0. The molecule has 0 fully saturated rings. The summed E-state index contributed by atoms with van der Waals surface area (Å²) < 4.78 is 51.2. The van der Waals surface area contributed by atoms with Crippen LogP contribution in [0.1, 0.15) is 11.3 Å². The molecule has 0 aliphatic heterocycles. The third-order valence-electron chi connectivity index (χ3n) is 2.93. The van der Waals surface area contributed by atoms with Crippen molar-refractivity contribution in [1.29, 1.82) is 0 Å². The number of carbonyl (C=O) groups excluding carboxylic acids is 1. The molecular weight excluding hydrogens is 314 g/mol. The summed E-state index contributed by atoms with van der Waals surface area (Å²) >= 11 is 0. The van der Waals surface area contributed by atoms with Gasteiger partial charge in [0.2, 0.25) is 0 Å². The maximum atomic E-state index is 13.5. The molecule has 2 rings (SSSR count). The zero-order valence-corrected chi connectivity index (χ0v) is 11.8. The zero-order valence-electron chi connectivity index (χ0n) is 11.8. The van der Waals surface area contributed by atoms with Crippen molar-refractivity contribution in [1.82, 2.24) is 10.3 Å². The van der Waals surface area contributed by atoms with Gasteiger partial charge in [0.15, 0.2) is 0 Å². The topological polar surface area (TPSA) is 54.0 Å². The summed E-state index contributed by atoms with van der Waals surface area (Å²) in [5, 5.41) is 4.49. The van der Waals surface area contributed by atoms with Gasteiger partial charge >= 0.3 is 12.2 Å². The molecular formula is C15H13F4N3O. The predicted octanol–water partition coefficient (Wildman–Crippen LogP) is 3.60. The minimum atomic E-state index is -4.61. The molecule has 8 heteroatoms. The maximum Gasteiger partial charge on any atom is 0.416 e. The molecule has 1 aromatic heterocycles. The van der Waals surface area contributed by atoms with Crippen LogP contribution in [0.3, 0.4) is 0 Å². The van der Waals surface area contributed by atoms with Crippen LogP contribution in [0, 0.1) is 5.82 Å². The number of amides is 2. The average Bonchev–Trinajstić information content (AvgIpc) is 2.49. The van der Waals surface area contributed by atoms with E-state index in [1.165, 1.54) is 0 Å². The molecule has 0 bridgehead atoms. The fourth-order valence-electron chi connectivity index (χ4n) is 1.81. The van der Waals surface area contributed by atoms with Gasteiger partial charge in [0.1, 0.15) is 5.82 Å². The molecule has 0 aliphatic rings. The molecule has 0 aliphatic carbocycles. The van der Waals surface area contributed by atoms with Gasteiger partial charge in [-0.3, -0.25) is 4.98 Å². The number of benzene rings is 1. The lowest BCUT2D eigenvalue weighted by molar-refractivity contribution is -0.137. The van der Waals surface area contributed by atoms with Crippen molar-refractivity contribution < 1.29 is 22.4 Å². The van der Waals surface area contributed by atoms with Crippen LogP contribution >= 0.6 is 0 Å². The lowest BCUT2D eigenvalue weighted by Crippen LogP contribution is -2.31. The minimum absolute atomic E-state index is 0.212. The van der Waals surface area contributed by atoms with Crippen LogP contribution in [0.15, 0.2) is 42.6 Å². The summed E-state index contributed by atoms with van der Waals surface area (Å²) in [4.78, 5) is 15.7. The molecule has 1 aromatic carbocycles. The van der Waals surface area contributed by atoms with Gasteiger partial charge < -0.3 is 10.6 Å². The van der Waals surface area contributed by atoms with E-state index in [9.17, 15) is 22.4 Å². The molecule has 2 aromatic rings. The third-order valence-corrected chi connectivity index (χ3v) is 2.93. The first kappa shape index (κ1) is 16.7. The number of carbonyl (C=O) groups is 1. The highest BCUT2D eigenvalue weighted by Gasteiger charge is 2.31. The van der Waals surface area contributed by atoms with Crippen LogP contribution in [-0.4, -0.2) is 17.6 Å². The van der Waals surface area contributed by atoms with E-state index < -0.39 is 29.3 Å². The van der Waals surface area contributed by atoms with Gasteiger partial charge in [0.25, 0.3) is 0 Å². The molecule has 0 atom stereocenters. The highest BCUT2D eigenvalue weighted by Crippen LogP contribution is 2.31. The second-order valence-electron chi connectivity index (χ2n) is 4.64. The third kappa shape index (κ3) is 4.94. The van der Waals surface area contributed by atoms with Crippen molar-refractivity contribution in [3.8, 4) is 0 Å². The largest absolute Gasteiger partial charge is 0.416 e. The fourth-order valence-corrected chi connectivity index (χ4v) is 1.81. The van der Waals surface area contributed by atoms with Crippen molar-refractivity contribution in [2.24, 2.45) is 0 Å². The number of halogens is 4. The van der Waals surface area contributed by atoms with Crippen molar-refractivity contribution in [2.45, 2.75) is 12.6 Å². The Bertz CT molecular complexity index is 674. The van der Waals surface area contributed by atoms with Crippen LogP contribution < -0.4 is 10.6 Å². The Morgan fingerprint density at radius 2 is 1.96 bits per heavy atom. The zero-order chi connectivity index (χ0) is 16.9. The number of rotatable bonds is 4. The van der Waals surface area contributed by atoms with E-state index in [1.54, 1.807) is 24.4 Å². The number of nitrogens with zero attached hydrogens (tertiary/aromatic N) is 1. The molecule has 2 N–H and O–H groups in total. The second-order valence-corrected chi connectivity index (χ2v) is 4.64. The first-order valence-electron chi connectivity index (χ1n) is 6.68. The SMILES string of the molecule is O=C(NCCc1ccccn1)Nc1cc(C(F)(F)F)ccc1F. The van der Waals surface area contributed by atoms with Crippen LogP contribution in [0.4, 0.5) is 28.0 Å². The molecule has 0 saturated heterocycles. The normalized spacial score (nSPS) is 11.1. The van der Waals surface area contributed by atoms with Crippen LogP contribution in [0.5, 0.6) is 0 Å². The number of aromatic nitrogens is 1. The molecule has 0 unspecified atom stereocenters. The Hall–Kier alpha value is -2.64. The highest BCUT2D eigenvalue weighted by molar-refractivity contribution is 5.89. The van der Waals surface area contributed by atoms with E-state index in [-0.39, 0.29) is 6.54 Å². The van der Waals surface area contributed by atoms with Crippen molar-refractivity contribution in [3.63, 3.8) is 0 Å². The van der Waals surface area contributed by atoms with Crippen molar-refractivity contribution in [2.75, 3.05) is 11.9 Å². The number of alkyl halides is 3. The van der Waals surface area contributed by atoms with Gasteiger partial charge in [-0.2, -0.15) is 13.2 Å². The smallest absolute Gasteiger partial charge is 0.337 e. The van der Waals surface area contributed by atoms with Gasteiger partial charge in [0.05, 0.1) is 11.3 Å². The van der Waals surface area contributed by atoms with Gasteiger partial charge in [-0.1, -0.05) is 6.07 Å². The molecule has 122 valence electrons. The maximum absolute atomic E-state index is 13.5. The number of hydrogen-bond acceptors (Lipinski definition) is 2. The summed E-state index contributed by atoms with van der Waals surface area (Å²) in [5.41, 5.74) is -0.823. The Morgan fingerprint density at radius 1 is 1.17 bits per heavy atom. The number of hydrogen-bond donors (Lipinski definition) is 2. The second kappa shape index (κ2) is 7.08. The van der Waals surface area contributed by atoms with Crippen LogP contribution in [0.25, 0.3) is 0 Å². The quantitative estimate of drug-likeness (QED) is 0.843. The molecule has 1 heterocycles. The minimum Gasteiger partial charge on any atom is -0.337 e. The Kier molecular flexibility index (Phi) is 5.15. The standard InChI is InChI=1S/C15H13F4N3O/c16-12-5-4-10(15(17,18)19)9-13(12)22-14(23)21-8-6-11-3-1-2-7-20-11/h1-5,7,9H,6,8H2,(H2,21,22,23). The van der Waals surface area contributed by atoms with Gasteiger partial charge in [0, 0.05) is 24.9 Å². The molecule has 0 saturated carbocycles. The van der Waals surface area contributed by atoms with E-state index >= 15 is 0 Å². The molecule has 23 heavy (non-hydrogen) atoms. The van der Waals surface area contributed by atoms with Gasteiger partial charge in [-0.05, 0) is 30.3 Å². The van der Waals surface area contributed by atoms with E-state index in [0.717, 1.165) is 5.69 Å². The monoisotopic (exact) mass is 327 g/mol. The Labute approximate surface area is 129 Å². The first-order chi connectivity index (χ1) is 10.9. The summed E-state index contributed by atoms with van der Waals surface area (Å²) in [6.45, 7) is 0.212. The van der Waals surface area contributed by atoms with Crippen molar-refractivity contribution >= 4 is 11.7 Å². The number of urea groups is 1. The first-order valence-corrected chi connectivity index (χ1v) is 6.68. The van der Waals surface area contributed by atoms with Crippen molar-refractivity contribution in [3.05, 3.63) is 59.7 Å². The van der Waals surface area contributed by atoms with E-state index in [4.69, 9.17) is 0 Å². The fraction of sp³-hybridized carbons (Fsp3) is 0.200. The van der Waals surface area contributed by atoms with E-state index in [2.05, 4.69) is 15.6 Å². The predicted molar refractivity (Wildman–Crippen MR) is 76.4 cm³/mol. The molecule has 0 radical (unpaired) electrons. The molecule has 0 spiro atoms. The summed E-state index contributed by atoms with van der Waals surface area (Å²) in [6, 6.07) is 6.34. The van der Waals surface area contributed by atoms with E-state index in [1.807, 2.05) is 0 Å². The number of nitrogens with one attached hydrogen (secondary N) is 2. The van der Waals surface area contributed by atoms with Crippen LogP contribution in [0.2, 0.25) is 0 Å². The number of anilines is 1. The van der Waals surface area contributed by atoms with Gasteiger partial charge in [-0.15, -0.1) is 0 Å². The molecule has 2 amide bonds. The summed E-state index contributed by atoms with van der Waals surface area (Å²) in [5.74, 6) is -0.946. The van der Waals surface area contributed by atoms with Crippen LogP contribution in [-0.2, 0) is 12.6 Å². The van der Waals surface area contributed by atoms with Gasteiger partial charge in [-0.25, -0.2) is 9.18 Å². The Morgan fingerprint density at radius 3 is 2.61 bits per heavy atom. The summed E-state index contributed by atoms with van der Waals surface area (Å²) in [6.07, 6.45) is -2.56. The molecule has 4 nitrogen and oxygen atoms in total. The Balaban J connectivity index is 1.92. The average molecular weight is 327 g/mol. The lowest BCUT2D eigenvalue weighted by atomic mass is 10.2. The highest BCUT2D eigenvalue weighted by atomic mass is 19.4.